The van der Waals surface area contributed by atoms with Crippen LogP contribution in [0.1, 0.15) is 41.6 Å². The molecule has 4 rings (SSSR count). The molecule has 2 aromatic rings. The van der Waals surface area contributed by atoms with Gasteiger partial charge in [-0.15, -0.1) is 11.8 Å². The monoisotopic (exact) mass is 410 g/mol. The van der Waals surface area contributed by atoms with Crippen LogP contribution in [0.25, 0.3) is 0 Å². The second kappa shape index (κ2) is 10.3. The lowest BCUT2D eigenvalue weighted by molar-refractivity contribution is 0.0906. The molecule has 0 saturated carbocycles. The standard InChI is InChI=1S/C24H30N2O2S/c27-24(22-10-4-5-11-23(22)29-18-21-9-6-16-28-21)25-20-12-14-26(15-13-20)17-19-7-2-1-3-8-19/h1-5,7-8,10-11,20-21H,6,9,12-18H2,(H,25,27). The summed E-state index contributed by atoms with van der Waals surface area (Å²) in [7, 11) is 0. The average Bonchev–Trinajstić information content (AvgIpc) is 3.28. The molecule has 2 fully saturated rings. The van der Waals surface area contributed by atoms with Crippen LogP contribution in [0.3, 0.4) is 0 Å². The zero-order chi connectivity index (χ0) is 19.9. The number of thioether (sulfide) groups is 1. The minimum absolute atomic E-state index is 0.0574. The number of carbonyl (C=O) groups excluding carboxylic acids is 1. The largest absolute Gasteiger partial charge is 0.377 e. The molecule has 2 aliphatic rings. The fourth-order valence-corrected chi connectivity index (χ4v) is 5.20. The number of nitrogens with one attached hydrogen (secondary N) is 1. The molecule has 1 amide bonds. The van der Waals surface area contributed by atoms with E-state index >= 15 is 0 Å². The topological polar surface area (TPSA) is 41.6 Å². The third kappa shape index (κ3) is 5.84. The second-order valence-corrected chi connectivity index (χ2v) is 9.01. The van der Waals surface area contributed by atoms with E-state index in [1.165, 1.54) is 5.56 Å². The van der Waals surface area contributed by atoms with Crippen LogP contribution in [0, 0.1) is 0 Å². The number of carbonyl (C=O) groups is 1. The lowest BCUT2D eigenvalue weighted by Gasteiger charge is -2.32. The van der Waals surface area contributed by atoms with Crippen LogP contribution in [-0.4, -0.2) is 48.4 Å². The van der Waals surface area contributed by atoms with E-state index in [9.17, 15) is 4.79 Å². The molecule has 2 aromatic carbocycles. The molecule has 1 atom stereocenters. The SMILES string of the molecule is O=C(NC1CCN(Cc2ccccc2)CC1)c1ccccc1SCC1CCCO1. The molecule has 2 aliphatic heterocycles. The first-order chi connectivity index (χ1) is 14.3. The molecule has 29 heavy (non-hydrogen) atoms. The number of piperidine rings is 1. The highest BCUT2D eigenvalue weighted by Gasteiger charge is 2.23. The maximum atomic E-state index is 12.9. The van der Waals surface area contributed by atoms with Gasteiger partial charge in [0.1, 0.15) is 0 Å². The predicted octanol–water partition coefficient (Wildman–Crippen LogP) is 4.35. The Morgan fingerprint density at radius 3 is 2.55 bits per heavy atom. The molecule has 1 N–H and O–H groups in total. The van der Waals surface area contributed by atoms with Crippen molar-refractivity contribution in [1.29, 1.82) is 0 Å². The minimum Gasteiger partial charge on any atom is -0.377 e. The lowest BCUT2D eigenvalue weighted by Crippen LogP contribution is -2.44. The molecule has 1 unspecified atom stereocenters. The lowest BCUT2D eigenvalue weighted by atomic mass is 10.0. The summed E-state index contributed by atoms with van der Waals surface area (Å²) in [6.07, 6.45) is 4.61. The first-order valence-electron chi connectivity index (χ1n) is 10.7. The maximum absolute atomic E-state index is 12.9. The third-order valence-corrected chi connectivity index (χ3v) is 6.96. The summed E-state index contributed by atoms with van der Waals surface area (Å²) in [6, 6.07) is 18.8. The van der Waals surface area contributed by atoms with E-state index in [2.05, 4.69) is 46.6 Å². The Morgan fingerprint density at radius 1 is 1.03 bits per heavy atom. The van der Waals surface area contributed by atoms with Crippen LogP contribution < -0.4 is 5.32 Å². The van der Waals surface area contributed by atoms with Gasteiger partial charge in [-0.1, -0.05) is 42.5 Å². The van der Waals surface area contributed by atoms with Crippen molar-refractivity contribution in [3.63, 3.8) is 0 Å². The van der Waals surface area contributed by atoms with E-state index in [0.29, 0.717) is 6.10 Å². The van der Waals surface area contributed by atoms with Crippen LogP contribution in [0.2, 0.25) is 0 Å². The number of nitrogens with zero attached hydrogens (tertiary/aromatic N) is 1. The Kier molecular flexibility index (Phi) is 7.25. The van der Waals surface area contributed by atoms with Gasteiger partial charge in [-0.25, -0.2) is 0 Å². The van der Waals surface area contributed by atoms with Crippen molar-refractivity contribution >= 4 is 17.7 Å². The van der Waals surface area contributed by atoms with Gasteiger partial charge < -0.3 is 10.1 Å². The summed E-state index contributed by atoms with van der Waals surface area (Å²) >= 11 is 1.74. The first kappa shape index (κ1) is 20.5. The molecule has 2 saturated heterocycles. The van der Waals surface area contributed by atoms with Gasteiger partial charge in [0.05, 0.1) is 11.7 Å². The number of ether oxygens (including phenoxy) is 1. The van der Waals surface area contributed by atoms with E-state index in [0.717, 1.165) is 68.1 Å². The van der Waals surface area contributed by atoms with E-state index in [4.69, 9.17) is 4.74 Å². The summed E-state index contributed by atoms with van der Waals surface area (Å²) < 4.78 is 5.72. The molecule has 4 nitrogen and oxygen atoms in total. The molecule has 0 aliphatic carbocycles. The van der Waals surface area contributed by atoms with Crippen LogP contribution in [-0.2, 0) is 11.3 Å². The Hall–Kier alpha value is -1.82. The highest BCUT2D eigenvalue weighted by atomic mass is 32.2. The molecule has 0 spiro atoms. The van der Waals surface area contributed by atoms with Gasteiger partial charge in [0.15, 0.2) is 0 Å². The van der Waals surface area contributed by atoms with Crippen molar-refractivity contribution in [2.24, 2.45) is 0 Å². The number of likely N-dealkylation sites (tertiary alicyclic amines) is 1. The van der Waals surface area contributed by atoms with Crippen molar-refractivity contribution in [3.8, 4) is 0 Å². The van der Waals surface area contributed by atoms with Gasteiger partial charge in [-0.2, -0.15) is 0 Å². The summed E-state index contributed by atoms with van der Waals surface area (Å²) in [4.78, 5) is 16.5. The smallest absolute Gasteiger partial charge is 0.252 e. The maximum Gasteiger partial charge on any atom is 0.252 e. The summed E-state index contributed by atoms with van der Waals surface area (Å²) in [5.41, 5.74) is 2.15. The number of benzene rings is 2. The molecule has 0 bridgehead atoms. The molecule has 2 heterocycles. The number of hydrogen-bond acceptors (Lipinski definition) is 4. The zero-order valence-electron chi connectivity index (χ0n) is 16.9. The third-order valence-electron chi connectivity index (χ3n) is 5.75. The number of amides is 1. The number of rotatable bonds is 7. The highest BCUT2D eigenvalue weighted by Crippen LogP contribution is 2.27. The second-order valence-electron chi connectivity index (χ2n) is 7.95. The van der Waals surface area contributed by atoms with Crippen LogP contribution in [0.4, 0.5) is 0 Å². The fraction of sp³-hybridized carbons (Fsp3) is 0.458. The summed E-state index contributed by atoms with van der Waals surface area (Å²) in [5.74, 6) is 0.976. The van der Waals surface area contributed by atoms with E-state index in [-0.39, 0.29) is 11.9 Å². The van der Waals surface area contributed by atoms with E-state index in [1.807, 2.05) is 18.2 Å². The fourth-order valence-electron chi connectivity index (χ4n) is 4.08. The van der Waals surface area contributed by atoms with Gasteiger partial charge in [0.2, 0.25) is 0 Å². The average molecular weight is 411 g/mol. The predicted molar refractivity (Wildman–Crippen MR) is 118 cm³/mol. The van der Waals surface area contributed by atoms with Crippen molar-refractivity contribution in [3.05, 3.63) is 65.7 Å². The Morgan fingerprint density at radius 2 is 1.79 bits per heavy atom. The minimum atomic E-state index is 0.0574. The molecule has 0 radical (unpaired) electrons. The normalized spacial score (nSPS) is 20.6. The van der Waals surface area contributed by atoms with Crippen molar-refractivity contribution in [2.75, 3.05) is 25.4 Å². The van der Waals surface area contributed by atoms with Crippen molar-refractivity contribution < 1.29 is 9.53 Å². The zero-order valence-corrected chi connectivity index (χ0v) is 17.7. The molecular formula is C24H30N2O2S. The Bertz CT molecular complexity index is 784. The van der Waals surface area contributed by atoms with Crippen molar-refractivity contribution in [2.45, 2.75) is 49.3 Å². The van der Waals surface area contributed by atoms with Crippen LogP contribution in [0.5, 0.6) is 0 Å². The van der Waals surface area contributed by atoms with E-state index < -0.39 is 0 Å². The van der Waals surface area contributed by atoms with Crippen LogP contribution >= 0.6 is 11.8 Å². The highest BCUT2D eigenvalue weighted by molar-refractivity contribution is 7.99. The molecule has 154 valence electrons. The molecular weight excluding hydrogens is 380 g/mol. The molecule has 5 heteroatoms. The van der Waals surface area contributed by atoms with Gasteiger partial charge in [-0.05, 0) is 43.4 Å². The van der Waals surface area contributed by atoms with E-state index in [1.54, 1.807) is 11.8 Å². The number of hydrogen-bond donors (Lipinski definition) is 1. The summed E-state index contributed by atoms with van der Waals surface area (Å²) in [6.45, 7) is 3.91. The van der Waals surface area contributed by atoms with Crippen LogP contribution in [0.15, 0.2) is 59.5 Å². The van der Waals surface area contributed by atoms with Crippen molar-refractivity contribution in [1.82, 2.24) is 10.2 Å². The van der Waals surface area contributed by atoms with Gasteiger partial charge in [-0.3, -0.25) is 9.69 Å². The quantitative estimate of drug-likeness (QED) is 0.689. The van der Waals surface area contributed by atoms with Gasteiger partial charge >= 0.3 is 0 Å². The molecule has 0 aromatic heterocycles. The first-order valence-corrected chi connectivity index (χ1v) is 11.7. The Labute approximate surface area is 178 Å². The van der Waals surface area contributed by atoms with Gasteiger partial charge in [0, 0.05) is 42.9 Å². The van der Waals surface area contributed by atoms with Gasteiger partial charge in [0.25, 0.3) is 5.91 Å². The summed E-state index contributed by atoms with van der Waals surface area (Å²) in [5, 5.41) is 3.28. The Balaban J connectivity index is 1.27.